The number of rotatable bonds is 8. The number of aryl methyl sites for hydroxylation is 1. The number of anilines is 2. The van der Waals surface area contributed by atoms with Gasteiger partial charge in [0.15, 0.2) is 0 Å². The van der Waals surface area contributed by atoms with E-state index in [4.69, 9.17) is 4.74 Å². The van der Waals surface area contributed by atoms with Crippen LogP contribution in [0.1, 0.15) is 39.7 Å². The van der Waals surface area contributed by atoms with E-state index in [1.165, 1.54) is 9.79 Å². The topological polar surface area (TPSA) is 67.4 Å². The van der Waals surface area contributed by atoms with Gasteiger partial charge in [0.2, 0.25) is 0 Å². The van der Waals surface area contributed by atoms with E-state index < -0.39 is 6.09 Å². The maximum Gasteiger partial charge on any atom is 0.411 e. The summed E-state index contributed by atoms with van der Waals surface area (Å²) in [6, 6.07) is 21.9. The summed E-state index contributed by atoms with van der Waals surface area (Å²) in [4.78, 5) is 28.9. The summed E-state index contributed by atoms with van der Waals surface area (Å²) in [5.74, 6) is 0. The number of carbonyl (C=O) groups excluding carboxylic acids is 2. The molecule has 0 unspecified atom stereocenters. The zero-order chi connectivity index (χ0) is 26.1. The molecule has 3 aromatic carbocycles. The molecule has 190 valence electrons. The van der Waals surface area contributed by atoms with Gasteiger partial charge in [-0.2, -0.15) is 0 Å². The van der Waals surface area contributed by atoms with E-state index in [1.54, 1.807) is 23.9 Å². The van der Waals surface area contributed by atoms with E-state index in [0.29, 0.717) is 18.0 Å². The average Bonchev–Trinajstić information content (AvgIpc) is 2.81. The van der Waals surface area contributed by atoms with Gasteiger partial charge in [0.1, 0.15) is 0 Å². The lowest BCUT2D eigenvalue weighted by Crippen LogP contribution is -2.14. The largest absolute Gasteiger partial charge is 0.449 e. The quantitative estimate of drug-likeness (QED) is 0.277. The van der Waals surface area contributed by atoms with Crippen LogP contribution in [-0.2, 0) is 4.74 Å². The average molecular weight is 541 g/mol. The summed E-state index contributed by atoms with van der Waals surface area (Å²) in [5, 5.41) is 5.40. The van der Waals surface area contributed by atoms with Crippen LogP contribution < -0.4 is 10.6 Å². The minimum absolute atomic E-state index is 0.190. The molecule has 0 radical (unpaired) electrons. The summed E-state index contributed by atoms with van der Waals surface area (Å²) >= 11 is 4.68. The highest BCUT2D eigenvalue weighted by molar-refractivity contribution is 8.14. The smallest absolute Gasteiger partial charge is 0.411 e. The molecule has 0 aromatic heterocycles. The lowest BCUT2D eigenvalue weighted by atomic mass is 10.2. The molecule has 0 bridgehead atoms. The molecule has 5 nitrogen and oxygen atoms in total. The third-order valence-corrected chi connectivity index (χ3v) is 7.61. The van der Waals surface area contributed by atoms with Crippen molar-refractivity contribution in [1.82, 2.24) is 0 Å². The molecular formula is C28H32N2O3S3. The fraction of sp³-hybridized carbons (Fsp3) is 0.286. The molecule has 0 spiro atoms. The van der Waals surface area contributed by atoms with Crippen molar-refractivity contribution in [3.05, 3.63) is 72.3 Å². The normalized spacial score (nSPS) is 11.1. The number of carbonyl (C=O) groups is 2. The van der Waals surface area contributed by atoms with Crippen molar-refractivity contribution < 1.29 is 14.3 Å². The Bertz CT molecular complexity index is 1170. The van der Waals surface area contributed by atoms with E-state index in [2.05, 4.69) is 55.7 Å². The first-order valence-electron chi connectivity index (χ1n) is 11.7. The number of benzene rings is 3. The van der Waals surface area contributed by atoms with Crippen LogP contribution in [-0.4, -0.2) is 22.7 Å². The van der Waals surface area contributed by atoms with Crippen molar-refractivity contribution in [2.45, 2.75) is 65.4 Å². The minimum atomic E-state index is -0.509. The Morgan fingerprint density at radius 1 is 0.833 bits per heavy atom. The predicted molar refractivity (Wildman–Crippen MR) is 154 cm³/mol. The van der Waals surface area contributed by atoms with Crippen LogP contribution in [0.5, 0.6) is 0 Å². The van der Waals surface area contributed by atoms with Crippen molar-refractivity contribution in [2.75, 3.05) is 17.2 Å². The molecule has 0 heterocycles. The van der Waals surface area contributed by atoms with E-state index in [1.807, 2.05) is 55.9 Å². The van der Waals surface area contributed by atoms with Crippen molar-refractivity contribution in [3.63, 3.8) is 0 Å². The third-order valence-electron chi connectivity index (χ3n) is 4.68. The second-order valence-electron chi connectivity index (χ2n) is 9.06. The molecule has 0 saturated heterocycles. The van der Waals surface area contributed by atoms with Crippen molar-refractivity contribution >= 4 is 58.0 Å². The van der Waals surface area contributed by atoms with Gasteiger partial charge in [-0.15, -0.1) is 11.8 Å². The Morgan fingerprint density at radius 3 is 2.00 bits per heavy atom. The number of nitrogens with one attached hydrogen (secondary N) is 2. The fourth-order valence-electron chi connectivity index (χ4n) is 3.07. The Kier molecular flexibility index (Phi) is 10.2. The van der Waals surface area contributed by atoms with E-state index in [0.717, 1.165) is 33.5 Å². The molecular weight excluding hydrogens is 509 g/mol. The van der Waals surface area contributed by atoms with Crippen LogP contribution in [0, 0.1) is 6.92 Å². The standard InChI is InChI=1S/C28H32N2O3S3/c1-6-17-33-26(31)29-20-8-7-19(2)25(18-20)30-27(32)35-23-11-9-21(10-12-23)34-22-13-15-24(16-14-22)36-28(3,4)5/h7-16,18H,6,17H2,1-5H3,(H,29,31)(H,30,32). The summed E-state index contributed by atoms with van der Waals surface area (Å²) in [5.41, 5.74) is 2.10. The molecule has 2 N–H and O–H groups in total. The van der Waals surface area contributed by atoms with E-state index in [-0.39, 0.29) is 9.99 Å². The Balaban J connectivity index is 1.55. The maximum atomic E-state index is 12.6. The van der Waals surface area contributed by atoms with Crippen molar-refractivity contribution in [1.29, 1.82) is 0 Å². The zero-order valence-corrected chi connectivity index (χ0v) is 23.7. The van der Waals surface area contributed by atoms with Gasteiger partial charge < -0.3 is 10.1 Å². The van der Waals surface area contributed by atoms with Crippen molar-refractivity contribution in [2.24, 2.45) is 0 Å². The maximum absolute atomic E-state index is 12.6. The van der Waals surface area contributed by atoms with Gasteiger partial charge in [-0.05, 0) is 91.3 Å². The molecule has 0 aliphatic rings. The summed E-state index contributed by atoms with van der Waals surface area (Å²) in [7, 11) is 0. The summed E-state index contributed by atoms with van der Waals surface area (Å²) in [6.07, 6.45) is 0.244. The van der Waals surface area contributed by atoms with Gasteiger partial charge in [-0.3, -0.25) is 10.1 Å². The lowest BCUT2D eigenvalue weighted by molar-refractivity contribution is 0.161. The molecule has 3 rings (SSSR count). The fourth-order valence-corrected chi connectivity index (χ4v) is 5.51. The van der Waals surface area contributed by atoms with Gasteiger partial charge in [0, 0.05) is 35.7 Å². The third kappa shape index (κ3) is 9.48. The van der Waals surface area contributed by atoms with Crippen LogP contribution in [0.15, 0.2) is 86.3 Å². The van der Waals surface area contributed by atoms with Gasteiger partial charge in [0.05, 0.1) is 6.61 Å². The number of ether oxygens (including phenoxy) is 1. The van der Waals surface area contributed by atoms with Crippen molar-refractivity contribution in [3.8, 4) is 0 Å². The molecule has 0 aliphatic carbocycles. The molecule has 36 heavy (non-hydrogen) atoms. The highest BCUT2D eigenvalue weighted by Gasteiger charge is 2.12. The van der Waals surface area contributed by atoms with Crippen LogP contribution in [0.25, 0.3) is 0 Å². The predicted octanol–water partition coefficient (Wildman–Crippen LogP) is 9.32. The SMILES string of the molecule is CCCOC(=O)Nc1ccc(C)c(NC(=O)Sc2ccc(Sc3ccc(SC(C)(C)C)cc3)cc2)c1. The van der Waals surface area contributed by atoms with Gasteiger partial charge >= 0.3 is 6.09 Å². The Labute approximate surface area is 226 Å². The second-order valence-corrected chi connectivity index (χ2v) is 13.2. The number of thioether (sulfide) groups is 2. The molecule has 0 atom stereocenters. The lowest BCUT2D eigenvalue weighted by Gasteiger charge is -2.17. The van der Waals surface area contributed by atoms with Gasteiger partial charge in [-0.25, -0.2) is 4.79 Å². The van der Waals surface area contributed by atoms with Crippen LogP contribution in [0.3, 0.4) is 0 Å². The number of amides is 2. The number of hydrogen-bond donors (Lipinski definition) is 2. The van der Waals surface area contributed by atoms with Crippen LogP contribution in [0.4, 0.5) is 21.0 Å². The zero-order valence-electron chi connectivity index (χ0n) is 21.2. The molecule has 0 saturated carbocycles. The highest BCUT2D eigenvalue weighted by atomic mass is 32.2. The van der Waals surface area contributed by atoms with Gasteiger partial charge in [0.25, 0.3) is 5.24 Å². The Hall–Kier alpha value is -2.55. The minimum Gasteiger partial charge on any atom is -0.449 e. The van der Waals surface area contributed by atoms with Crippen LogP contribution in [0.2, 0.25) is 0 Å². The van der Waals surface area contributed by atoms with Gasteiger partial charge in [-0.1, -0.05) is 45.5 Å². The van der Waals surface area contributed by atoms with E-state index in [9.17, 15) is 9.59 Å². The highest BCUT2D eigenvalue weighted by Crippen LogP contribution is 2.35. The first kappa shape index (κ1) is 28.0. The molecule has 2 amide bonds. The molecule has 0 aliphatic heterocycles. The summed E-state index contributed by atoms with van der Waals surface area (Å²) in [6.45, 7) is 10.8. The molecule has 8 heteroatoms. The van der Waals surface area contributed by atoms with Crippen LogP contribution >= 0.6 is 35.3 Å². The second kappa shape index (κ2) is 13.1. The first-order valence-corrected chi connectivity index (χ1v) is 14.2. The summed E-state index contributed by atoms with van der Waals surface area (Å²) < 4.78 is 5.24. The monoisotopic (exact) mass is 540 g/mol. The molecule has 3 aromatic rings. The first-order chi connectivity index (χ1) is 17.1. The van der Waals surface area contributed by atoms with E-state index >= 15 is 0 Å². The Morgan fingerprint density at radius 2 is 1.42 bits per heavy atom. The number of hydrogen-bond acceptors (Lipinski definition) is 6. The molecule has 0 fully saturated rings.